The maximum absolute atomic E-state index is 2.35. The molecule has 2 rings (SSSR count). The molecule has 4 heteroatoms. The third kappa shape index (κ3) is 11.3. The molecular formula is C25H52Br2N2. The van der Waals surface area contributed by atoms with Crippen molar-refractivity contribution in [3.05, 3.63) is 0 Å². The lowest BCUT2D eigenvalue weighted by Gasteiger charge is -2.34. The summed E-state index contributed by atoms with van der Waals surface area (Å²) in [7, 11) is 0. The summed E-state index contributed by atoms with van der Waals surface area (Å²) in [6.45, 7) is 16.5. The zero-order valence-corrected chi connectivity index (χ0v) is 23.1. The van der Waals surface area contributed by atoms with E-state index in [1.54, 1.807) is 0 Å². The van der Waals surface area contributed by atoms with Crippen molar-refractivity contribution in [1.29, 1.82) is 0 Å². The minimum absolute atomic E-state index is 0. The molecule has 0 unspecified atom stereocenters. The fraction of sp³-hybridized carbons (Fsp3) is 1.00. The highest BCUT2D eigenvalue weighted by molar-refractivity contribution is 4.58. The Labute approximate surface area is 204 Å². The Hall–Kier alpha value is 0.880. The average molecular weight is 541 g/mol. The summed E-state index contributed by atoms with van der Waals surface area (Å²) in [4.78, 5) is 0. The van der Waals surface area contributed by atoms with Crippen molar-refractivity contribution in [3.8, 4) is 0 Å². The van der Waals surface area contributed by atoms with Gasteiger partial charge in [0.15, 0.2) is 0 Å². The Balaban J connectivity index is 0.00000392. The smallest absolute Gasteiger partial charge is 0.0788 e. The molecule has 0 aromatic rings. The molecule has 0 saturated carbocycles. The van der Waals surface area contributed by atoms with Gasteiger partial charge < -0.3 is 42.9 Å². The molecule has 0 aromatic heterocycles. The summed E-state index contributed by atoms with van der Waals surface area (Å²) in [6, 6.07) is 0. The molecule has 0 atom stereocenters. The van der Waals surface area contributed by atoms with E-state index in [1.165, 1.54) is 158 Å². The Kier molecular flexibility index (Phi) is 18.0. The number of hydrogen-bond donors (Lipinski definition) is 0. The van der Waals surface area contributed by atoms with E-state index in [0.717, 1.165) is 0 Å². The number of hydrogen-bond acceptors (Lipinski definition) is 0. The fourth-order valence-corrected chi connectivity index (χ4v) is 5.90. The quantitative estimate of drug-likeness (QED) is 0.198. The molecule has 2 nitrogen and oxygen atoms in total. The average Bonchev–Trinajstić information content (AvgIpc) is 3.34. The van der Waals surface area contributed by atoms with Gasteiger partial charge in [0.25, 0.3) is 0 Å². The van der Waals surface area contributed by atoms with Crippen LogP contribution in [-0.4, -0.2) is 61.3 Å². The number of unbranched alkanes of at least 4 members (excludes halogenated alkanes) is 8. The van der Waals surface area contributed by atoms with E-state index in [1.807, 2.05) is 0 Å². The maximum atomic E-state index is 2.35. The van der Waals surface area contributed by atoms with E-state index in [2.05, 4.69) is 13.8 Å². The van der Waals surface area contributed by atoms with Gasteiger partial charge >= 0.3 is 0 Å². The lowest BCUT2D eigenvalue weighted by atomic mass is 10.1. The molecule has 0 radical (unpaired) electrons. The van der Waals surface area contributed by atoms with Crippen LogP contribution in [0.15, 0.2) is 0 Å². The van der Waals surface area contributed by atoms with Crippen molar-refractivity contribution in [2.24, 2.45) is 0 Å². The minimum atomic E-state index is 0. The Morgan fingerprint density at radius 3 is 1.00 bits per heavy atom. The Bertz CT molecular complexity index is 330. The minimum Gasteiger partial charge on any atom is -1.00 e. The standard InChI is InChI=1S/C25H52N2.2BrH/c1-3-5-18-26(22-14-15-23-26)20-12-10-8-7-9-11-13-21-27(19-6-4-2)24-16-17-25-27;;/h3-25H2,1-2H3;2*1H/q+2;;/p-2. The van der Waals surface area contributed by atoms with Crippen molar-refractivity contribution in [1.82, 2.24) is 0 Å². The lowest BCUT2D eigenvalue weighted by Crippen LogP contribution is -3.00. The largest absolute Gasteiger partial charge is 1.00 e. The second-order valence-electron chi connectivity index (χ2n) is 10.1. The van der Waals surface area contributed by atoms with Gasteiger partial charge in [-0.15, -0.1) is 0 Å². The molecule has 176 valence electrons. The molecule has 0 amide bonds. The van der Waals surface area contributed by atoms with Crippen LogP contribution >= 0.6 is 0 Å². The number of quaternary nitrogens is 2. The van der Waals surface area contributed by atoms with Gasteiger partial charge in [0, 0.05) is 25.7 Å². The van der Waals surface area contributed by atoms with Crippen molar-refractivity contribution >= 4 is 0 Å². The third-order valence-corrected chi connectivity index (χ3v) is 7.77. The van der Waals surface area contributed by atoms with Crippen LogP contribution in [0, 0.1) is 0 Å². The second-order valence-corrected chi connectivity index (χ2v) is 10.1. The predicted molar refractivity (Wildman–Crippen MR) is 120 cm³/mol. The predicted octanol–water partition coefficient (Wildman–Crippen LogP) is 0.547. The SMILES string of the molecule is CCCC[N+]1(CCCCCCCCC[N+]2(CCCC)CCCC2)CCCC1.[Br-].[Br-]. The zero-order chi connectivity index (χ0) is 19.3. The number of halogens is 2. The summed E-state index contributed by atoms with van der Waals surface area (Å²) >= 11 is 0. The van der Waals surface area contributed by atoms with E-state index < -0.39 is 0 Å². The zero-order valence-electron chi connectivity index (χ0n) is 19.9. The first kappa shape index (κ1) is 29.9. The molecule has 0 spiro atoms. The molecule has 0 aliphatic carbocycles. The van der Waals surface area contributed by atoms with Crippen molar-refractivity contribution in [3.63, 3.8) is 0 Å². The number of rotatable bonds is 16. The van der Waals surface area contributed by atoms with Gasteiger partial charge in [0.1, 0.15) is 0 Å². The van der Waals surface area contributed by atoms with Crippen LogP contribution in [-0.2, 0) is 0 Å². The van der Waals surface area contributed by atoms with Gasteiger partial charge in [0.2, 0.25) is 0 Å². The van der Waals surface area contributed by atoms with Gasteiger partial charge in [-0.3, -0.25) is 0 Å². The maximum Gasteiger partial charge on any atom is 0.0788 e. The summed E-state index contributed by atoms with van der Waals surface area (Å²) in [5.41, 5.74) is 0. The first-order chi connectivity index (χ1) is 13.2. The van der Waals surface area contributed by atoms with E-state index in [0.29, 0.717) is 0 Å². The normalized spacial score (nSPS) is 19.7. The van der Waals surface area contributed by atoms with Crippen molar-refractivity contribution in [2.45, 2.75) is 110 Å². The van der Waals surface area contributed by atoms with Crippen LogP contribution in [0.1, 0.15) is 110 Å². The third-order valence-electron chi connectivity index (χ3n) is 7.77. The van der Waals surface area contributed by atoms with Crippen LogP contribution in [0.4, 0.5) is 0 Å². The summed E-state index contributed by atoms with van der Waals surface area (Å²) in [5.74, 6) is 0. The highest BCUT2D eigenvalue weighted by Gasteiger charge is 2.31. The lowest BCUT2D eigenvalue weighted by molar-refractivity contribution is -0.917. The van der Waals surface area contributed by atoms with E-state index in [-0.39, 0.29) is 34.0 Å². The van der Waals surface area contributed by atoms with Crippen LogP contribution < -0.4 is 34.0 Å². The van der Waals surface area contributed by atoms with Gasteiger partial charge in [0.05, 0.1) is 52.4 Å². The molecule has 0 N–H and O–H groups in total. The summed E-state index contributed by atoms with van der Waals surface area (Å²) < 4.78 is 2.96. The van der Waals surface area contributed by atoms with Crippen LogP contribution in [0.3, 0.4) is 0 Å². The molecule has 0 aromatic carbocycles. The summed E-state index contributed by atoms with van der Waals surface area (Å²) in [5, 5.41) is 0. The summed E-state index contributed by atoms with van der Waals surface area (Å²) in [6.07, 6.45) is 22.0. The van der Waals surface area contributed by atoms with Crippen LogP contribution in [0.25, 0.3) is 0 Å². The molecule has 2 aliphatic heterocycles. The monoisotopic (exact) mass is 538 g/mol. The molecular weight excluding hydrogens is 488 g/mol. The van der Waals surface area contributed by atoms with Crippen LogP contribution in [0.2, 0.25) is 0 Å². The van der Waals surface area contributed by atoms with Crippen molar-refractivity contribution < 1.29 is 42.9 Å². The van der Waals surface area contributed by atoms with Gasteiger partial charge in [-0.1, -0.05) is 46.0 Å². The van der Waals surface area contributed by atoms with E-state index >= 15 is 0 Å². The number of likely N-dealkylation sites (tertiary alicyclic amines) is 2. The Morgan fingerprint density at radius 2 is 0.690 bits per heavy atom. The molecule has 2 fully saturated rings. The number of nitrogens with zero attached hydrogens (tertiary/aromatic N) is 2. The first-order valence-corrected chi connectivity index (χ1v) is 12.9. The Morgan fingerprint density at radius 1 is 0.414 bits per heavy atom. The second kappa shape index (κ2) is 17.4. The molecule has 0 bridgehead atoms. The van der Waals surface area contributed by atoms with E-state index in [4.69, 9.17) is 0 Å². The van der Waals surface area contributed by atoms with Gasteiger partial charge in [-0.25, -0.2) is 0 Å². The molecule has 29 heavy (non-hydrogen) atoms. The molecule has 2 heterocycles. The highest BCUT2D eigenvalue weighted by atomic mass is 79.9. The first-order valence-electron chi connectivity index (χ1n) is 12.9. The van der Waals surface area contributed by atoms with Gasteiger partial charge in [-0.2, -0.15) is 0 Å². The highest BCUT2D eigenvalue weighted by Crippen LogP contribution is 2.24. The molecule has 2 aliphatic rings. The van der Waals surface area contributed by atoms with Gasteiger partial charge in [-0.05, 0) is 38.5 Å². The fourth-order valence-electron chi connectivity index (χ4n) is 5.90. The van der Waals surface area contributed by atoms with Crippen molar-refractivity contribution in [2.75, 3.05) is 52.4 Å². The molecule has 2 saturated heterocycles. The van der Waals surface area contributed by atoms with E-state index in [9.17, 15) is 0 Å². The topological polar surface area (TPSA) is 0 Å². The van der Waals surface area contributed by atoms with Crippen LogP contribution in [0.5, 0.6) is 0 Å².